The third-order valence-electron chi connectivity index (χ3n) is 2.23. The number of nitrogens with zero attached hydrogens (tertiary/aromatic N) is 1. The Bertz CT molecular complexity index is 407. The Kier molecular flexibility index (Phi) is 7.11. The summed E-state index contributed by atoms with van der Waals surface area (Å²) >= 11 is 6.00. The van der Waals surface area contributed by atoms with Gasteiger partial charge < -0.3 is 15.4 Å². The smallest absolute Gasteiger partial charge is 0.191 e. The normalized spacial score (nSPS) is 11.5. The van der Waals surface area contributed by atoms with Crippen LogP contribution in [0.5, 0.6) is 5.75 Å². The Labute approximate surface area is 120 Å². The number of halogens is 1. The fraction of sp³-hybridized carbons (Fsp3) is 0.500. The highest BCUT2D eigenvalue weighted by molar-refractivity contribution is 6.32. The van der Waals surface area contributed by atoms with Gasteiger partial charge in [0.1, 0.15) is 12.4 Å². The molecule has 0 saturated carbocycles. The van der Waals surface area contributed by atoms with Crippen LogP contribution < -0.4 is 15.4 Å². The van der Waals surface area contributed by atoms with Crippen molar-refractivity contribution in [1.82, 2.24) is 10.6 Å². The largest absolute Gasteiger partial charge is 0.490 e. The van der Waals surface area contributed by atoms with E-state index >= 15 is 0 Å². The third kappa shape index (κ3) is 6.34. The molecule has 0 aliphatic rings. The molecule has 0 atom stereocenters. The summed E-state index contributed by atoms with van der Waals surface area (Å²) in [5, 5.41) is 7.05. The number of nitrogens with one attached hydrogen (secondary N) is 2. The fourth-order valence-corrected chi connectivity index (χ4v) is 1.66. The molecule has 4 nitrogen and oxygen atoms in total. The topological polar surface area (TPSA) is 45.7 Å². The quantitative estimate of drug-likeness (QED) is 0.479. The number of rotatable bonds is 6. The van der Waals surface area contributed by atoms with Gasteiger partial charge in [0, 0.05) is 12.6 Å². The first-order valence-electron chi connectivity index (χ1n) is 6.55. The van der Waals surface area contributed by atoms with E-state index in [-0.39, 0.29) is 0 Å². The lowest BCUT2D eigenvalue weighted by Gasteiger charge is -2.14. The Morgan fingerprint density at radius 2 is 2.11 bits per heavy atom. The van der Waals surface area contributed by atoms with Gasteiger partial charge in [-0.25, -0.2) is 4.99 Å². The van der Waals surface area contributed by atoms with Crippen molar-refractivity contribution in [3.63, 3.8) is 0 Å². The second-order valence-corrected chi connectivity index (χ2v) is 4.75. The van der Waals surface area contributed by atoms with Crippen molar-refractivity contribution in [1.29, 1.82) is 0 Å². The van der Waals surface area contributed by atoms with Gasteiger partial charge >= 0.3 is 0 Å². The van der Waals surface area contributed by atoms with Gasteiger partial charge in [0.25, 0.3) is 0 Å². The molecule has 0 aliphatic heterocycles. The van der Waals surface area contributed by atoms with Crippen LogP contribution in [0, 0.1) is 0 Å². The molecule has 1 rings (SSSR count). The molecule has 1 aromatic rings. The van der Waals surface area contributed by atoms with Crippen LogP contribution in [0.3, 0.4) is 0 Å². The molecule has 0 bridgehead atoms. The van der Waals surface area contributed by atoms with Crippen LogP contribution in [0.2, 0.25) is 5.02 Å². The summed E-state index contributed by atoms with van der Waals surface area (Å²) in [5.41, 5.74) is 0. The second-order valence-electron chi connectivity index (χ2n) is 4.34. The van der Waals surface area contributed by atoms with Crippen molar-refractivity contribution in [3.8, 4) is 5.75 Å². The predicted octanol–water partition coefficient (Wildman–Crippen LogP) is 2.68. The molecule has 1 aromatic carbocycles. The van der Waals surface area contributed by atoms with E-state index < -0.39 is 0 Å². The van der Waals surface area contributed by atoms with Gasteiger partial charge in [-0.1, -0.05) is 23.7 Å². The molecule has 0 aromatic heterocycles. The Balaban J connectivity index is 2.40. The molecule has 0 heterocycles. The first-order valence-corrected chi connectivity index (χ1v) is 6.93. The summed E-state index contributed by atoms with van der Waals surface area (Å²) in [5.74, 6) is 1.50. The molecule has 0 fully saturated rings. The summed E-state index contributed by atoms with van der Waals surface area (Å²) in [4.78, 5) is 4.42. The molecule has 0 saturated heterocycles. The van der Waals surface area contributed by atoms with Crippen LogP contribution in [0.15, 0.2) is 29.3 Å². The zero-order valence-electron chi connectivity index (χ0n) is 11.7. The molecule has 0 unspecified atom stereocenters. The molecule has 19 heavy (non-hydrogen) atoms. The monoisotopic (exact) mass is 283 g/mol. The number of guanidine groups is 1. The number of hydrogen-bond donors (Lipinski definition) is 2. The molecule has 106 valence electrons. The lowest BCUT2D eigenvalue weighted by molar-refractivity contribution is 0.328. The highest BCUT2D eigenvalue weighted by Gasteiger charge is 2.00. The van der Waals surface area contributed by atoms with Crippen molar-refractivity contribution in [2.24, 2.45) is 4.99 Å². The Hall–Kier alpha value is -1.42. The van der Waals surface area contributed by atoms with Crippen molar-refractivity contribution in [2.75, 3.05) is 19.7 Å². The van der Waals surface area contributed by atoms with E-state index in [0.717, 1.165) is 12.5 Å². The highest BCUT2D eigenvalue weighted by atomic mass is 35.5. The van der Waals surface area contributed by atoms with Gasteiger partial charge in [-0.05, 0) is 32.9 Å². The van der Waals surface area contributed by atoms with Crippen LogP contribution in [0.25, 0.3) is 0 Å². The minimum Gasteiger partial charge on any atom is -0.490 e. The zero-order chi connectivity index (χ0) is 14.1. The van der Waals surface area contributed by atoms with Gasteiger partial charge in [-0.3, -0.25) is 0 Å². The van der Waals surface area contributed by atoms with Crippen molar-refractivity contribution >= 4 is 17.6 Å². The van der Waals surface area contributed by atoms with Crippen LogP contribution in [-0.4, -0.2) is 31.7 Å². The molecular weight excluding hydrogens is 262 g/mol. The molecule has 0 aliphatic carbocycles. The Morgan fingerprint density at radius 3 is 2.74 bits per heavy atom. The summed E-state index contributed by atoms with van der Waals surface area (Å²) in [6, 6.07) is 7.79. The summed E-state index contributed by atoms with van der Waals surface area (Å²) in [6.07, 6.45) is 0. The van der Waals surface area contributed by atoms with E-state index in [4.69, 9.17) is 16.3 Å². The maximum Gasteiger partial charge on any atom is 0.191 e. The lowest BCUT2D eigenvalue weighted by atomic mass is 10.3. The molecular formula is C14H22ClN3O. The number of para-hydroxylation sites is 1. The zero-order valence-corrected chi connectivity index (χ0v) is 12.5. The Morgan fingerprint density at radius 1 is 1.37 bits per heavy atom. The summed E-state index contributed by atoms with van der Waals surface area (Å²) in [6.45, 7) is 8.10. The minimum atomic E-state index is 0.349. The SMILES string of the molecule is CCNC(=NCCOc1ccccc1Cl)NC(C)C. The van der Waals surface area contributed by atoms with Crippen LogP contribution in [0.4, 0.5) is 0 Å². The second kappa shape index (κ2) is 8.64. The van der Waals surface area contributed by atoms with E-state index in [1.807, 2.05) is 31.2 Å². The number of aliphatic imine (C=N–C) groups is 1. The van der Waals surface area contributed by atoms with Gasteiger partial charge in [0.05, 0.1) is 11.6 Å². The number of hydrogen-bond acceptors (Lipinski definition) is 2. The lowest BCUT2D eigenvalue weighted by Crippen LogP contribution is -2.41. The average Bonchev–Trinajstić information content (AvgIpc) is 2.36. The maximum absolute atomic E-state index is 6.00. The van der Waals surface area contributed by atoms with E-state index in [2.05, 4.69) is 29.5 Å². The van der Waals surface area contributed by atoms with Crippen molar-refractivity contribution in [2.45, 2.75) is 26.8 Å². The van der Waals surface area contributed by atoms with Crippen molar-refractivity contribution < 1.29 is 4.74 Å². The van der Waals surface area contributed by atoms with Crippen LogP contribution in [-0.2, 0) is 0 Å². The predicted molar refractivity (Wildman–Crippen MR) is 81.2 cm³/mol. The molecule has 2 N–H and O–H groups in total. The van der Waals surface area contributed by atoms with Gasteiger partial charge in [0.15, 0.2) is 5.96 Å². The molecule has 0 radical (unpaired) electrons. The summed E-state index contributed by atoms with van der Waals surface area (Å²) in [7, 11) is 0. The molecule has 0 amide bonds. The van der Waals surface area contributed by atoms with E-state index in [9.17, 15) is 0 Å². The van der Waals surface area contributed by atoms with Gasteiger partial charge in [0.2, 0.25) is 0 Å². The fourth-order valence-electron chi connectivity index (χ4n) is 1.47. The average molecular weight is 284 g/mol. The van der Waals surface area contributed by atoms with Gasteiger partial charge in [-0.2, -0.15) is 0 Å². The maximum atomic E-state index is 6.00. The minimum absolute atomic E-state index is 0.349. The van der Waals surface area contributed by atoms with E-state index in [0.29, 0.717) is 30.0 Å². The highest BCUT2D eigenvalue weighted by Crippen LogP contribution is 2.22. The molecule has 5 heteroatoms. The van der Waals surface area contributed by atoms with Gasteiger partial charge in [-0.15, -0.1) is 0 Å². The third-order valence-corrected chi connectivity index (χ3v) is 2.54. The number of ether oxygens (including phenoxy) is 1. The standard InChI is InChI=1S/C14H22ClN3O/c1-4-16-14(18-11(2)3)17-9-10-19-13-8-6-5-7-12(13)15/h5-8,11H,4,9-10H2,1-3H3,(H2,16,17,18). The van der Waals surface area contributed by atoms with Crippen LogP contribution >= 0.6 is 11.6 Å². The first kappa shape index (κ1) is 15.6. The van der Waals surface area contributed by atoms with Crippen molar-refractivity contribution in [3.05, 3.63) is 29.3 Å². The molecule has 0 spiro atoms. The van der Waals surface area contributed by atoms with Crippen LogP contribution in [0.1, 0.15) is 20.8 Å². The number of benzene rings is 1. The first-order chi connectivity index (χ1) is 9.13. The van der Waals surface area contributed by atoms with E-state index in [1.165, 1.54) is 0 Å². The summed E-state index contributed by atoms with van der Waals surface area (Å²) < 4.78 is 5.58. The van der Waals surface area contributed by atoms with E-state index in [1.54, 1.807) is 0 Å².